The summed E-state index contributed by atoms with van der Waals surface area (Å²) >= 11 is 5.98. The Morgan fingerprint density at radius 3 is 2.50 bits per heavy atom. The maximum absolute atomic E-state index is 13.4. The summed E-state index contributed by atoms with van der Waals surface area (Å²) < 4.78 is 6.18. The highest BCUT2D eigenvalue weighted by Gasteiger charge is 2.53. The van der Waals surface area contributed by atoms with Gasteiger partial charge in [0.25, 0.3) is 5.91 Å². The normalized spacial score (nSPS) is 27.4. The molecule has 1 N–H and O–H groups in total. The smallest absolute Gasteiger partial charge is 0.256 e. The number of hydrogen-bond acceptors (Lipinski definition) is 4. The van der Waals surface area contributed by atoms with E-state index in [1.165, 1.54) is 0 Å². The number of amides is 2. The molecule has 1 aliphatic heterocycles. The third kappa shape index (κ3) is 4.50. The number of benzene rings is 1. The zero-order valence-corrected chi connectivity index (χ0v) is 17.7. The summed E-state index contributed by atoms with van der Waals surface area (Å²) in [5, 5.41) is 3.53. The minimum Gasteiger partial charge on any atom is -0.353 e. The number of rotatable bonds is 5. The maximum atomic E-state index is 13.4. The lowest BCUT2D eigenvalue weighted by molar-refractivity contribution is -0.127. The van der Waals surface area contributed by atoms with E-state index in [0.29, 0.717) is 23.0 Å². The van der Waals surface area contributed by atoms with E-state index in [-0.39, 0.29) is 18.4 Å². The van der Waals surface area contributed by atoms with E-state index < -0.39 is 11.8 Å². The fraction of sp³-hybridized carbons (Fsp3) is 0.619. The summed E-state index contributed by atoms with van der Waals surface area (Å²) in [4.78, 5) is 30.0. The largest absolute Gasteiger partial charge is 0.353 e. The predicted molar refractivity (Wildman–Crippen MR) is 109 cm³/mol. The molecule has 154 valence electrons. The van der Waals surface area contributed by atoms with Crippen LogP contribution >= 0.6 is 11.6 Å². The minimum atomic E-state index is -0.688. The van der Waals surface area contributed by atoms with Gasteiger partial charge in [0, 0.05) is 23.7 Å². The highest BCUT2D eigenvalue weighted by molar-refractivity contribution is 6.30. The molecule has 28 heavy (non-hydrogen) atoms. The highest BCUT2D eigenvalue weighted by atomic mass is 35.5. The van der Waals surface area contributed by atoms with E-state index in [1.807, 2.05) is 19.0 Å². The molecule has 2 fully saturated rings. The van der Waals surface area contributed by atoms with Crippen molar-refractivity contribution in [2.45, 2.75) is 44.4 Å². The van der Waals surface area contributed by atoms with E-state index in [0.717, 1.165) is 32.2 Å². The van der Waals surface area contributed by atoms with E-state index in [9.17, 15) is 9.59 Å². The van der Waals surface area contributed by atoms with E-state index in [4.69, 9.17) is 16.3 Å². The van der Waals surface area contributed by atoms with Crippen LogP contribution in [0.1, 0.15) is 43.0 Å². The van der Waals surface area contributed by atoms with Crippen LogP contribution in [0.2, 0.25) is 5.02 Å². The van der Waals surface area contributed by atoms with Crippen LogP contribution in [0.4, 0.5) is 0 Å². The standard InChI is InChI=1S/C21H30ClN3O3/c1-15-8-10-21(11-9-15)25(20(27)16-4-6-17(22)7-5-16)18(14-28-21)19(26)23-12-13-24(2)3/h4-7,15,18H,8-14H2,1-3H3,(H,23,26)/t15?,18-,21?/m0/s1. The third-order valence-corrected chi connectivity index (χ3v) is 6.04. The summed E-state index contributed by atoms with van der Waals surface area (Å²) in [6.07, 6.45) is 3.49. The van der Waals surface area contributed by atoms with Crippen molar-refractivity contribution in [2.75, 3.05) is 33.8 Å². The van der Waals surface area contributed by atoms with Gasteiger partial charge in [-0.05, 0) is 70.0 Å². The van der Waals surface area contributed by atoms with Crippen LogP contribution in [0.25, 0.3) is 0 Å². The zero-order chi connectivity index (χ0) is 20.3. The molecular formula is C21H30ClN3O3. The molecule has 1 atom stereocenters. The van der Waals surface area contributed by atoms with Crippen LogP contribution in [0, 0.1) is 5.92 Å². The number of nitrogens with one attached hydrogen (secondary N) is 1. The van der Waals surface area contributed by atoms with Crippen molar-refractivity contribution in [1.29, 1.82) is 0 Å². The molecule has 1 aliphatic carbocycles. The van der Waals surface area contributed by atoms with Gasteiger partial charge in [0.15, 0.2) is 0 Å². The molecule has 0 aromatic heterocycles. The van der Waals surface area contributed by atoms with Crippen LogP contribution in [0.5, 0.6) is 0 Å². The fourth-order valence-corrected chi connectivity index (χ4v) is 4.16. The molecule has 0 bridgehead atoms. The molecule has 1 heterocycles. The number of carbonyl (C=O) groups excluding carboxylic acids is 2. The molecule has 3 rings (SSSR count). The monoisotopic (exact) mass is 407 g/mol. The first-order valence-electron chi connectivity index (χ1n) is 9.98. The molecule has 1 aromatic rings. The van der Waals surface area contributed by atoms with Gasteiger partial charge >= 0.3 is 0 Å². The first kappa shape index (κ1) is 21.1. The average Bonchev–Trinajstić information content (AvgIpc) is 3.03. The van der Waals surface area contributed by atoms with E-state index >= 15 is 0 Å². The zero-order valence-electron chi connectivity index (χ0n) is 16.9. The van der Waals surface area contributed by atoms with E-state index in [1.54, 1.807) is 29.2 Å². The number of halogens is 1. The molecule has 0 radical (unpaired) electrons. The molecule has 7 heteroatoms. The Kier molecular flexibility index (Phi) is 6.63. The maximum Gasteiger partial charge on any atom is 0.256 e. The van der Waals surface area contributed by atoms with Gasteiger partial charge in [-0.15, -0.1) is 0 Å². The predicted octanol–water partition coefficient (Wildman–Crippen LogP) is 2.77. The third-order valence-electron chi connectivity index (χ3n) is 5.79. The van der Waals surface area contributed by atoms with Gasteiger partial charge in [-0.3, -0.25) is 14.5 Å². The second kappa shape index (κ2) is 8.80. The number of likely N-dealkylation sites (N-methyl/N-ethyl adjacent to an activating group) is 1. The SMILES string of the molecule is CC1CCC2(CC1)OC[C@@H](C(=O)NCCN(C)C)N2C(=O)c1ccc(Cl)cc1. The molecule has 1 saturated heterocycles. The fourth-order valence-electron chi connectivity index (χ4n) is 4.03. The van der Waals surface area contributed by atoms with Crippen molar-refractivity contribution < 1.29 is 14.3 Å². The Hall–Kier alpha value is -1.63. The van der Waals surface area contributed by atoms with Crippen LogP contribution in [0.15, 0.2) is 24.3 Å². The molecule has 1 saturated carbocycles. The van der Waals surface area contributed by atoms with Crippen LogP contribution in [-0.2, 0) is 9.53 Å². The van der Waals surface area contributed by atoms with Crippen molar-refractivity contribution >= 4 is 23.4 Å². The van der Waals surface area contributed by atoms with Gasteiger partial charge in [0.05, 0.1) is 6.61 Å². The number of ether oxygens (including phenoxy) is 1. The number of nitrogens with zero attached hydrogens (tertiary/aromatic N) is 2. The average molecular weight is 408 g/mol. The first-order valence-corrected chi connectivity index (χ1v) is 10.4. The lowest BCUT2D eigenvalue weighted by Crippen LogP contribution is -2.57. The molecule has 0 unspecified atom stereocenters. The molecule has 1 aromatic carbocycles. The topological polar surface area (TPSA) is 61.9 Å². The first-order chi connectivity index (χ1) is 13.3. The lowest BCUT2D eigenvalue weighted by Gasteiger charge is -2.43. The second-order valence-corrected chi connectivity index (χ2v) is 8.67. The van der Waals surface area contributed by atoms with Crippen LogP contribution in [0.3, 0.4) is 0 Å². The molecule has 6 nitrogen and oxygen atoms in total. The van der Waals surface area contributed by atoms with Crippen LogP contribution < -0.4 is 5.32 Å². The van der Waals surface area contributed by atoms with Crippen molar-refractivity contribution in [2.24, 2.45) is 5.92 Å². The quantitative estimate of drug-likeness (QED) is 0.815. The number of carbonyl (C=O) groups is 2. The van der Waals surface area contributed by atoms with Crippen molar-refractivity contribution in [3.8, 4) is 0 Å². The number of hydrogen-bond donors (Lipinski definition) is 1. The molecular weight excluding hydrogens is 378 g/mol. The Balaban J connectivity index is 1.83. The van der Waals surface area contributed by atoms with Gasteiger partial charge in [-0.1, -0.05) is 18.5 Å². The highest BCUT2D eigenvalue weighted by Crippen LogP contribution is 2.43. The van der Waals surface area contributed by atoms with E-state index in [2.05, 4.69) is 12.2 Å². The summed E-state index contributed by atoms with van der Waals surface area (Å²) in [6.45, 7) is 3.74. The minimum absolute atomic E-state index is 0.153. The van der Waals surface area contributed by atoms with Crippen molar-refractivity contribution in [3.63, 3.8) is 0 Å². The van der Waals surface area contributed by atoms with Gasteiger partial charge < -0.3 is 15.0 Å². The summed E-state index contributed by atoms with van der Waals surface area (Å²) in [5.74, 6) is 0.283. The summed E-state index contributed by atoms with van der Waals surface area (Å²) in [5.41, 5.74) is -0.161. The Labute approximate surface area is 172 Å². The van der Waals surface area contributed by atoms with Crippen molar-refractivity contribution in [1.82, 2.24) is 15.1 Å². The van der Waals surface area contributed by atoms with Crippen LogP contribution in [-0.4, -0.2) is 67.2 Å². The summed E-state index contributed by atoms with van der Waals surface area (Å²) in [7, 11) is 3.92. The lowest BCUT2D eigenvalue weighted by atomic mass is 9.83. The van der Waals surface area contributed by atoms with Gasteiger partial charge in [0.2, 0.25) is 5.91 Å². The van der Waals surface area contributed by atoms with Crippen molar-refractivity contribution in [3.05, 3.63) is 34.9 Å². The Morgan fingerprint density at radius 1 is 1.25 bits per heavy atom. The molecule has 1 spiro atoms. The molecule has 2 aliphatic rings. The Bertz CT molecular complexity index is 699. The van der Waals surface area contributed by atoms with Gasteiger partial charge in [-0.25, -0.2) is 0 Å². The second-order valence-electron chi connectivity index (χ2n) is 8.23. The summed E-state index contributed by atoms with van der Waals surface area (Å²) in [6, 6.07) is 6.21. The molecule has 2 amide bonds. The van der Waals surface area contributed by atoms with Gasteiger partial charge in [-0.2, -0.15) is 0 Å². The Morgan fingerprint density at radius 2 is 1.89 bits per heavy atom. The van der Waals surface area contributed by atoms with Gasteiger partial charge in [0.1, 0.15) is 11.8 Å².